The average molecular weight is 658 g/mol. The molecule has 0 spiro atoms. The highest BCUT2D eigenvalue weighted by atomic mass is 35.5. The number of likely N-dealkylation sites (tertiary alicyclic amines) is 1. The van der Waals surface area contributed by atoms with Gasteiger partial charge < -0.3 is 29.9 Å². The topological polar surface area (TPSA) is 94.7 Å². The molecule has 240 valence electrons. The lowest BCUT2D eigenvalue weighted by Crippen LogP contribution is -2.43. The van der Waals surface area contributed by atoms with Crippen molar-refractivity contribution >= 4 is 47.3 Å². The van der Waals surface area contributed by atoms with E-state index in [2.05, 4.69) is 31.8 Å². The van der Waals surface area contributed by atoms with E-state index >= 15 is 0 Å². The number of nitrogens with one attached hydrogen (secondary N) is 3. The fourth-order valence-corrected chi connectivity index (χ4v) is 6.28. The lowest BCUT2D eigenvalue weighted by molar-refractivity contribution is 0.0595. The van der Waals surface area contributed by atoms with Gasteiger partial charge >= 0.3 is 0 Å². The van der Waals surface area contributed by atoms with E-state index in [0.29, 0.717) is 37.2 Å². The summed E-state index contributed by atoms with van der Waals surface area (Å²) in [5.74, 6) is 1.02. The number of anilines is 1. The van der Waals surface area contributed by atoms with Gasteiger partial charge in [-0.2, -0.15) is 5.10 Å². The third-order valence-corrected chi connectivity index (χ3v) is 8.66. The van der Waals surface area contributed by atoms with Crippen molar-refractivity contribution in [1.82, 2.24) is 25.7 Å². The van der Waals surface area contributed by atoms with Crippen LogP contribution in [0.2, 0.25) is 0 Å². The third-order valence-electron chi connectivity index (χ3n) is 8.66. The molecule has 7 rings (SSSR count). The Morgan fingerprint density at radius 2 is 1.67 bits per heavy atom. The minimum atomic E-state index is -0.294. The van der Waals surface area contributed by atoms with Gasteiger partial charge in [-0.25, -0.2) is 4.39 Å². The first-order valence-electron chi connectivity index (χ1n) is 15.3. The van der Waals surface area contributed by atoms with E-state index in [1.54, 1.807) is 12.3 Å². The molecule has 3 aliphatic rings. The molecular formula is C33H39Cl2FN6O3. The normalized spacial score (nSPS) is 18.7. The lowest BCUT2D eigenvalue weighted by atomic mass is 9.99. The first-order chi connectivity index (χ1) is 21.1. The van der Waals surface area contributed by atoms with Crippen molar-refractivity contribution in [2.75, 3.05) is 57.3 Å². The Balaban J connectivity index is 0.00000200. The van der Waals surface area contributed by atoms with E-state index in [-0.39, 0.29) is 48.7 Å². The Morgan fingerprint density at radius 3 is 2.44 bits per heavy atom. The first kappa shape index (κ1) is 32.8. The standard InChI is InChI=1S/C33H37FN6O3.2ClH/c34-25-17-26(39-13-9-35-10-14-39)19-29(18-25)42-27-6-11-40(12-7-27)33(41)23-2-4-32(43-28-5-8-36-21-28)30(16-23)22-1-3-31-24(15-22)20-37-38-31;;/h1-4,15-20,27-28,35-36H,5-14,21H2,(H,37,38);2*1H/t28-;;/m0../s1. The molecule has 0 aliphatic carbocycles. The summed E-state index contributed by atoms with van der Waals surface area (Å²) < 4.78 is 27.1. The summed E-state index contributed by atoms with van der Waals surface area (Å²) in [6.07, 6.45) is 4.15. The highest BCUT2D eigenvalue weighted by Gasteiger charge is 2.27. The molecule has 3 saturated heterocycles. The predicted molar refractivity (Wildman–Crippen MR) is 179 cm³/mol. The van der Waals surface area contributed by atoms with Crippen molar-refractivity contribution in [1.29, 1.82) is 0 Å². The maximum Gasteiger partial charge on any atom is 0.253 e. The number of nitrogens with zero attached hydrogens (tertiary/aromatic N) is 3. The zero-order valence-corrected chi connectivity index (χ0v) is 26.6. The van der Waals surface area contributed by atoms with Crippen molar-refractivity contribution in [3.8, 4) is 22.6 Å². The Hall–Kier alpha value is -3.57. The summed E-state index contributed by atoms with van der Waals surface area (Å²) in [6.45, 7) is 6.35. The predicted octanol–water partition coefficient (Wildman–Crippen LogP) is 5.05. The molecule has 4 aromatic rings. The minimum Gasteiger partial charge on any atom is -0.490 e. The molecule has 1 amide bonds. The summed E-state index contributed by atoms with van der Waals surface area (Å²) >= 11 is 0. The number of rotatable bonds is 7. The number of carbonyl (C=O) groups is 1. The maximum absolute atomic E-state index is 14.5. The van der Waals surface area contributed by atoms with E-state index in [0.717, 1.165) is 79.2 Å². The summed E-state index contributed by atoms with van der Waals surface area (Å²) in [7, 11) is 0. The van der Waals surface area contributed by atoms with Gasteiger partial charge in [-0.15, -0.1) is 24.8 Å². The first-order valence-corrected chi connectivity index (χ1v) is 15.3. The Bertz CT molecular complexity index is 1600. The molecule has 0 unspecified atom stereocenters. The summed E-state index contributed by atoms with van der Waals surface area (Å²) in [4.78, 5) is 17.8. The SMILES string of the molecule is Cl.Cl.O=C(c1ccc(O[C@H]2CCNC2)c(-c2ccc3[nH]ncc3c2)c1)N1CCC(Oc2cc(F)cc(N3CCNCC3)c2)CC1. The van der Waals surface area contributed by atoms with Crippen LogP contribution in [-0.2, 0) is 0 Å². The number of hydrogen-bond acceptors (Lipinski definition) is 7. The molecule has 3 aliphatic heterocycles. The molecule has 3 fully saturated rings. The van der Waals surface area contributed by atoms with Crippen LogP contribution in [0.3, 0.4) is 0 Å². The smallest absolute Gasteiger partial charge is 0.253 e. The van der Waals surface area contributed by atoms with Crippen molar-refractivity contribution in [2.45, 2.75) is 31.5 Å². The number of aromatic nitrogens is 2. The van der Waals surface area contributed by atoms with Gasteiger partial charge in [-0.1, -0.05) is 6.07 Å². The lowest BCUT2D eigenvalue weighted by Gasteiger charge is -2.33. The molecule has 0 radical (unpaired) electrons. The van der Waals surface area contributed by atoms with Gasteiger partial charge in [0.05, 0.1) is 11.7 Å². The molecule has 1 aromatic heterocycles. The van der Waals surface area contributed by atoms with Crippen LogP contribution in [0.15, 0.2) is 60.8 Å². The van der Waals surface area contributed by atoms with E-state index < -0.39 is 0 Å². The van der Waals surface area contributed by atoms with Crippen LogP contribution in [0.25, 0.3) is 22.0 Å². The van der Waals surface area contributed by atoms with E-state index in [1.165, 1.54) is 6.07 Å². The number of hydrogen-bond donors (Lipinski definition) is 3. The van der Waals surface area contributed by atoms with Crippen LogP contribution in [0, 0.1) is 5.82 Å². The van der Waals surface area contributed by atoms with Gasteiger partial charge in [0.15, 0.2) is 0 Å². The van der Waals surface area contributed by atoms with Crippen LogP contribution < -0.4 is 25.0 Å². The molecule has 3 N–H and O–H groups in total. The molecular weight excluding hydrogens is 618 g/mol. The number of ether oxygens (including phenoxy) is 2. The zero-order chi connectivity index (χ0) is 29.2. The average Bonchev–Trinajstić information content (AvgIpc) is 3.73. The van der Waals surface area contributed by atoms with Crippen LogP contribution in [0.5, 0.6) is 11.5 Å². The summed E-state index contributed by atoms with van der Waals surface area (Å²) in [5, 5.41) is 14.8. The number of H-pyrrole nitrogens is 1. The number of aromatic amines is 1. The maximum atomic E-state index is 14.5. The molecule has 9 nitrogen and oxygen atoms in total. The van der Waals surface area contributed by atoms with Gasteiger partial charge in [0.25, 0.3) is 5.91 Å². The van der Waals surface area contributed by atoms with Gasteiger partial charge in [0.2, 0.25) is 0 Å². The number of piperidine rings is 1. The highest BCUT2D eigenvalue weighted by molar-refractivity contribution is 5.97. The molecule has 1 atom stereocenters. The number of fused-ring (bicyclic) bond motifs is 1. The second-order valence-electron chi connectivity index (χ2n) is 11.6. The van der Waals surface area contributed by atoms with E-state index in [9.17, 15) is 9.18 Å². The Labute approximate surface area is 274 Å². The Kier molecular flexibility index (Phi) is 10.7. The van der Waals surface area contributed by atoms with Crippen molar-refractivity contribution in [3.63, 3.8) is 0 Å². The van der Waals surface area contributed by atoms with Crippen molar-refractivity contribution in [3.05, 3.63) is 72.2 Å². The third kappa shape index (κ3) is 7.47. The van der Waals surface area contributed by atoms with Crippen molar-refractivity contribution < 1.29 is 18.7 Å². The molecule has 12 heteroatoms. The molecule has 4 heterocycles. The molecule has 0 saturated carbocycles. The zero-order valence-electron chi connectivity index (χ0n) is 25.0. The van der Waals surface area contributed by atoms with Gasteiger partial charge in [-0.3, -0.25) is 9.89 Å². The highest BCUT2D eigenvalue weighted by Crippen LogP contribution is 2.35. The number of halogens is 3. The van der Waals surface area contributed by atoms with Crippen molar-refractivity contribution in [2.24, 2.45) is 0 Å². The van der Waals surface area contributed by atoms with Crippen LogP contribution in [0.1, 0.15) is 29.6 Å². The fraction of sp³-hybridized carbons (Fsp3) is 0.394. The largest absolute Gasteiger partial charge is 0.490 e. The van der Waals surface area contributed by atoms with Gasteiger partial charge in [0.1, 0.15) is 29.5 Å². The second-order valence-corrected chi connectivity index (χ2v) is 11.6. The number of piperazine rings is 1. The Morgan fingerprint density at radius 1 is 0.844 bits per heavy atom. The second kappa shape index (κ2) is 14.7. The molecule has 3 aromatic carbocycles. The summed E-state index contributed by atoms with van der Waals surface area (Å²) in [5.41, 5.74) is 4.31. The molecule has 45 heavy (non-hydrogen) atoms. The summed E-state index contributed by atoms with van der Waals surface area (Å²) in [6, 6.07) is 16.8. The number of benzene rings is 3. The van der Waals surface area contributed by atoms with Gasteiger partial charge in [-0.05, 0) is 54.9 Å². The number of carbonyl (C=O) groups excluding carboxylic acids is 1. The minimum absolute atomic E-state index is 0. The number of amides is 1. The van der Waals surface area contributed by atoms with Crippen LogP contribution in [0.4, 0.5) is 10.1 Å². The monoisotopic (exact) mass is 656 g/mol. The fourth-order valence-electron chi connectivity index (χ4n) is 6.28. The quantitative estimate of drug-likeness (QED) is 0.256. The molecule has 0 bridgehead atoms. The van der Waals surface area contributed by atoms with Gasteiger partial charge in [0, 0.05) is 93.0 Å². The van der Waals surface area contributed by atoms with E-state index in [4.69, 9.17) is 9.47 Å². The van der Waals surface area contributed by atoms with Crippen LogP contribution >= 0.6 is 24.8 Å². The van der Waals surface area contributed by atoms with Crippen LogP contribution in [-0.4, -0.2) is 85.6 Å². The van der Waals surface area contributed by atoms with E-state index in [1.807, 2.05) is 41.3 Å².